The number of hydrogen-bond donors (Lipinski definition) is 2. The molecule has 2 N–H and O–H groups in total. The van der Waals surface area contributed by atoms with Crippen LogP contribution in [0.2, 0.25) is 0 Å². The SMILES string of the molecule is CC1(C)OB(c2cccc3c2NC(=O)C32CCNCC2)OC1(C)C. The zero-order valence-corrected chi connectivity index (χ0v) is 14.9. The molecule has 3 aliphatic heterocycles. The summed E-state index contributed by atoms with van der Waals surface area (Å²) in [5, 5.41) is 6.48. The van der Waals surface area contributed by atoms with Gasteiger partial charge in [-0.3, -0.25) is 4.79 Å². The van der Waals surface area contributed by atoms with Crippen LogP contribution in [-0.2, 0) is 19.5 Å². The van der Waals surface area contributed by atoms with Crippen molar-refractivity contribution < 1.29 is 14.1 Å². The topological polar surface area (TPSA) is 59.6 Å². The Morgan fingerprint density at radius 3 is 2.29 bits per heavy atom. The van der Waals surface area contributed by atoms with Crippen molar-refractivity contribution in [2.75, 3.05) is 18.4 Å². The van der Waals surface area contributed by atoms with E-state index in [0.29, 0.717) is 0 Å². The molecular formula is C18H25BN2O3. The third kappa shape index (κ3) is 2.09. The molecule has 0 aromatic heterocycles. The van der Waals surface area contributed by atoms with Crippen molar-refractivity contribution in [2.45, 2.75) is 57.2 Å². The van der Waals surface area contributed by atoms with E-state index < -0.39 is 23.7 Å². The summed E-state index contributed by atoms with van der Waals surface area (Å²) < 4.78 is 12.4. The van der Waals surface area contributed by atoms with E-state index in [0.717, 1.165) is 42.6 Å². The van der Waals surface area contributed by atoms with Crippen molar-refractivity contribution in [1.29, 1.82) is 0 Å². The van der Waals surface area contributed by atoms with Gasteiger partial charge in [0.1, 0.15) is 0 Å². The van der Waals surface area contributed by atoms with Crippen LogP contribution in [0.1, 0.15) is 46.1 Å². The van der Waals surface area contributed by atoms with Crippen LogP contribution in [0.3, 0.4) is 0 Å². The molecule has 4 rings (SSSR count). The van der Waals surface area contributed by atoms with Crippen LogP contribution < -0.4 is 16.1 Å². The number of fused-ring (bicyclic) bond motifs is 2. The first-order valence-electron chi connectivity index (χ1n) is 8.78. The van der Waals surface area contributed by atoms with Crippen molar-refractivity contribution in [3.8, 4) is 0 Å². The average molecular weight is 328 g/mol. The summed E-state index contributed by atoms with van der Waals surface area (Å²) in [7, 11) is -0.456. The first-order valence-corrected chi connectivity index (χ1v) is 8.78. The summed E-state index contributed by atoms with van der Waals surface area (Å²) in [6.45, 7) is 9.92. The molecule has 6 heteroatoms. The highest BCUT2D eigenvalue weighted by Crippen LogP contribution is 2.44. The molecule has 1 aromatic rings. The average Bonchev–Trinajstić information content (AvgIpc) is 2.91. The lowest BCUT2D eigenvalue weighted by Crippen LogP contribution is -2.44. The molecule has 0 unspecified atom stereocenters. The minimum absolute atomic E-state index is 0.114. The summed E-state index contributed by atoms with van der Waals surface area (Å²) in [5.41, 5.74) is 1.73. The van der Waals surface area contributed by atoms with E-state index in [-0.39, 0.29) is 5.91 Å². The molecule has 0 bridgehead atoms. The van der Waals surface area contributed by atoms with Crippen LogP contribution in [0.15, 0.2) is 18.2 Å². The predicted octanol–water partition coefficient (Wildman–Crippen LogP) is 1.56. The van der Waals surface area contributed by atoms with Crippen LogP contribution >= 0.6 is 0 Å². The number of benzene rings is 1. The molecule has 128 valence electrons. The third-order valence-corrected chi connectivity index (χ3v) is 6.25. The number of rotatable bonds is 1. The molecule has 24 heavy (non-hydrogen) atoms. The number of nitrogens with one attached hydrogen (secondary N) is 2. The van der Waals surface area contributed by atoms with Gasteiger partial charge in [0.05, 0.1) is 16.6 Å². The van der Waals surface area contributed by atoms with Crippen molar-refractivity contribution in [1.82, 2.24) is 5.32 Å². The number of piperidine rings is 1. The van der Waals surface area contributed by atoms with E-state index in [1.165, 1.54) is 0 Å². The van der Waals surface area contributed by atoms with Gasteiger partial charge in [-0.15, -0.1) is 0 Å². The van der Waals surface area contributed by atoms with E-state index in [1.807, 2.05) is 39.8 Å². The van der Waals surface area contributed by atoms with Gasteiger partial charge in [0.25, 0.3) is 0 Å². The van der Waals surface area contributed by atoms with Gasteiger partial charge in [-0.05, 0) is 59.2 Å². The number of para-hydroxylation sites is 1. The Kier molecular flexibility index (Phi) is 3.40. The van der Waals surface area contributed by atoms with Gasteiger partial charge in [0, 0.05) is 11.2 Å². The van der Waals surface area contributed by atoms with Crippen molar-refractivity contribution in [2.24, 2.45) is 0 Å². The number of carbonyl (C=O) groups excluding carboxylic acids is 1. The summed E-state index contributed by atoms with van der Waals surface area (Å²) in [4.78, 5) is 12.8. The molecule has 1 spiro atoms. The zero-order valence-electron chi connectivity index (χ0n) is 14.9. The number of amides is 1. The maximum atomic E-state index is 12.8. The maximum absolute atomic E-state index is 12.8. The fourth-order valence-corrected chi connectivity index (χ4v) is 3.98. The minimum Gasteiger partial charge on any atom is -0.399 e. The van der Waals surface area contributed by atoms with Crippen LogP contribution in [0.25, 0.3) is 0 Å². The zero-order chi connectivity index (χ0) is 17.2. The summed E-state index contributed by atoms with van der Waals surface area (Å²) in [5.74, 6) is 0.114. The van der Waals surface area contributed by atoms with Crippen LogP contribution in [0.4, 0.5) is 5.69 Å². The second-order valence-corrected chi connectivity index (χ2v) is 8.14. The Labute approximate surface area is 143 Å². The number of carbonyl (C=O) groups is 1. The standard InChI is InChI=1S/C18H25BN2O3/c1-16(2)17(3,4)24-19(23-16)13-7-5-6-12-14(13)21-15(22)18(12)8-10-20-11-9-18/h5-7,20H,8-11H2,1-4H3,(H,21,22). The molecular weight excluding hydrogens is 303 g/mol. The summed E-state index contributed by atoms with van der Waals surface area (Å²) in [6, 6.07) is 6.10. The molecule has 1 amide bonds. The molecule has 3 aliphatic rings. The van der Waals surface area contributed by atoms with E-state index in [4.69, 9.17) is 9.31 Å². The maximum Gasteiger partial charge on any atom is 0.496 e. The van der Waals surface area contributed by atoms with Crippen molar-refractivity contribution >= 4 is 24.2 Å². The lowest BCUT2D eigenvalue weighted by atomic mass is 9.71. The quantitative estimate of drug-likeness (QED) is 0.768. The molecule has 1 aromatic carbocycles. The van der Waals surface area contributed by atoms with E-state index in [2.05, 4.69) is 16.7 Å². The highest BCUT2D eigenvalue weighted by atomic mass is 16.7. The van der Waals surface area contributed by atoms with Crippen molar-refractivity contribution in [3.63, 3.8) is 0 Å². The Morgan fingerprint density at radius 1 is 1.04 bits per heavy atom. The van der Waals surface area contributed by atoms with Crippen molar-refractivity contribution in [3.05, 3.63) is 23.8 Å². The largest absolute Gasteiger partial charge is 0.496 e. The fourth-order valence-electron chi connectivity index (χ4n) is 3.98. The highest BCUT2D eigenvalue weighted by Gasteiger charge is 2.54. The number of hydrogen-bond acceptors (Lipinski definition) is 4. The van der Waals surface area contributed by atoms with Gasteiger partial charge in [-0.1, -0.05) is 18.2 Å². The molecule has 0 atom stereocenters. The first kappa shape index (κ1) is 16.1. The van der Waals surface area contributed by atoms with Crippen LogP contribution in [-0.4, -0.2) is 37.3 Å². The molecule has 5 nitrogen and oxygen atoms in total. The Balaban J connectivity index is 1.76. The molecule has 0 aliphatic carbocycles. The second kappa shape index (κ2) is 5.07. The van der Waals surface area contributed by atoms with Gasteiger partial charge < -0.3 is 19.9 Å². The van der Waals surface area contributed by atoms with Crippen LogP contribution in [0, 0.1) is 0 Å². The first-order chi connectivity index (χ1) is 11.3. The van der Waals surface area contributed by atoms with Gasteiger partial charge in [-0.25, -0.2) is 0 Å². The Hall–Kier alpha value is -1.37. The molecule has 2 fully saturated rings. The molecule has 0 saturated carbocycles. The van der Waals surface area contributed by atoms with E-state index in [1.54, 1.807) is 0 Å². The Bertz CT molecular complexity index is 680. The summed E-state index contributed by atoms with van der Waals surface area (Å²) >= 11 is 0. The van der Waals surface area contributed by atoms with Crippen LogP contribution in [0.5, 0.6) is 0 Å². The molecule has 3 heterocycles. The minimum atomic E-state index is -0.456. The third-order valence-electron chi connectivity index (χ3n) is 6.25. The monoisotopic (exact) mass is 328 g/mol. The second-order valence-electron chi connectivity index (χ2n) is 8.14. The molecule has 0 radical (unpaired) electrons. The normalized spacial score (nSPS) is 26.5. The predicted molar refractivity (Wildman–Crippen MR) is 94.6 cm³/mol. The summed E-state index contributed by atoms with van der Waals surface area (Å²) in [6.07, 6.45) is 1.66. The lowest BCUT2D eigenvalue weighted by Gasteiger charge is -2.32. The lowest BCUT2D eigenvalue weighted by molar-refractivity contribution is -0.121. The van der Waals surface area contributed by atoms with Gasteiger partial charge in [0.15, 0.2) is 0 Å². The highest BCUT2D eigenvalue weighted by molar-refractivity contribution is 6.64. The fraction of sp³-hybridized carbons (Fsp3) is 0.611. The van der Waals surface area contributed by atoms with E-state index in [9.17, 15) is 4.79 Å². The smallest absolute Gasteiger partial charge is 0.399 e. The number of anilines is 1. The van der Waals surface area contributed by atoms with Gasteiger partial charge >= 0.3 is 7.12 Å². The molecule has 2 saturated heterocycles. The van der Waals surface area contributed by atoms with Gasteiger partial charge in [-0.2, -0.15) is 0 Å². The van der Waals surface area contributed by atoms with Gasteiger partial charge in [0.2, 0.25) is 5.91 Å². The Morgan fingerprint density at radius 2 is 1.67 bits per heavy atom. The van der Waals surface area contributed by atoms with E-state index >= 15 is 0 Å².